The molecule has 1 aromatic heterocycles. The van der Waals surface area contributed by atoms with Crippen LogP contribution in [0.1, 0.15) is 22.0 Å². The summed E-state index contributed by atoms with van der Waals surface area (Å²) in [4.78, 5) is 14.4. The monoisotopic (exact) mass is 304 g/mol. The lowest BCUT2D eigenvalue weighted by Gasteiger charge is -2.24. The number of nitrogens with zero attached hydrogens (tertiary/aromatic N) is 1. The average molecular weight is 304 g/mol. The van der Waals surface area contributed by atoms with E-state index in [-0.39, 0.29) is 11.9 Å². The maximum atomic E-state index is 12.3. The molecule has 1 unspecified atom stereocenters. The summed E-state index contributed by atoms with van der Waals surface area (Å²) in [7, 11) is 5.59. The molecule has 0 aliphatic rings. The van der Waals surface area contributed by atoms with Gasteiger partial charge in [0.2, 0.25) is 0 Å². The van der Waals surface area contributed by atoms with E-state index in [2.05, 4.69) is 21.7 Å². The van der Waals surface area contributed by atoms with Gasteiger partial charge in [0.15, 0.2) is 0 Å². The number of ether oxygens (including phenoxy) is 1. The number of hydrogen-bond acceptors (Lipinski definition) is 4. The van der Waals surface area contributed by atoms with E-state index in [1.807, 2.05) is 31.6 Å². The van der Waals surface area contributed by atoms with Crippen molar-refractivity contribution in [1.29, 1.82) is 0 Å². The van der Waals surface area contributed by atoms with E-state index in [1.165, 1.54) is 5.56 Å². The van der Waals surface area contributed by atoms with Gasteiger partial charge in [-0.2, -0.15) is 11.3 Å². The summed E-state index contributed by atoms with van der Waals surface area (Å²) in [5.41, 5.74) is 1.77. The van der Waals surface area contributed by atoms with Crippen LogP contribution in [-0.4, -0.2) is 38.6 Å². The maximum Gasteiger partial charge on any atom is 0.255 e. The van der Waals surface area contributed by atoms with Crippen LogP contribution in [0.4, 0.5) is 0 Å². The highest BCUT2D eigenvalue weighted by molar-refractivity contribution is 7.07. The molecule has 1 heterocycles. The van der Waals surface area contributed by atoms with Crippen LogP contribution in [0, 0.1) is 0 Å². The van der Waals surface area contributed by atoms with E-state index in [1.54, 1.807) is 30.6 Å². The molecule has 1 atom stereocenters. The molecule has 2 aromatic rings. The minimum atomic E-state index is -0.116. The van der Waals surface area contributed by atoms with Crippen LogP contribution in [0.15, 0.2) is 41.1 Å². The van der Waals surface area contributed by atoms with Crippen LogP contribution in [-0.2, 0) is 0 Å². The SMILES string of the molecule is COc1ccccc1C(=O)NCC(c1ccsc1)N(C)C. The Morgan fingerprint density at radius 3 is 2.71 bits per heavy atom. The summed E-state index contributed by atoms with van der Waals surface area (Å²) in [6, 6.07) is 9.49. The smallest absolute Gasteiger partial charge is 0.255 e. The lowest BCUT2D eigenvalue weighted by atomic mass is 10.1. The lowest BCUT2D eigenvalue weighted by Crippen LogP contribution is -2.34. The fourth-order valence-corrected chi connectivity index (χ4v) is 2.89. The molecule has 0 radical (unpaired) electrons. The Labute approximate surface area is 129 Å². The van der Waals surface area contributed by atoms with Gasteiger partial charge in [0.25, 0.3) is 5.91 Å². The van der Waals surface area contributed by atoms with E-state index in [4.69, 9.17) is 4.74 Å². The van der Waals surface area contributed by atoms with Crippen molar-refractivity contribution >= 4 is 17.2 Å². The van der Waals surface area contributed by atoms with E-state index in [9.17, 15) is 4.79 Å². The summed E-state index contributed by atoms with van der Waals surface area (Å²) in [5, 5.41) is 7.15. The molecule has 0 saturated carbocycles. The van der Waals surface area contributed by atoms with Gasteiger partial charge in [-0.25, -0.2) is 0 Å². The Morgan fingerprint density at radius 1 is 1.33 bits per heavy atom. The summed E-state index contributed by atoms with van der Waals surface area (Å²) in [5.74, 6) is 0.474. The summed E-state index contributed by atoms with van der Waals surface area (Å²) in [6.45, 7) is 0.556. The van der Waals surface area contributed by atoms with Crippen LogP contribution in [0.5, 0.6) is 5.75 Å². The van der Waals surface area contributed by atoms with Crippen molar-refractivity contribution in [2.45, 2.75) is 6.04 Å². The molecule has 0 aliphatic heterocycles. The predicted octanol–water partition coefficient (Wildman–Crippen LogP) is 2.79. The van der Waals surface area contributed by atoms with Gasteiger partial charge in [-0.1, -0.05) is 12.1 Å². The third-order valence-corrected chi connectivity index (χ3v) is 4.06. The number of benzene rings is 1. The van der Waals surface area contributed by atoms with Crippen LogP contribution >= 0.6 is 11.3 Å². The lowest BCUT2D eigenvalue weighted by molar-refractivity contribution is 0.0939. The van der Waals surface area contributed by atoms with Crippen molar-refractivity contribution in [2.24, 2.45) is 0 Å². The summed E-state index contributed by atoms with van der Waals surface area (Å²) >= 11 is 1.66. The van der Waals surface area contributed by atoms with E-state index >= 15 is 0 Å². The molecule has 0 spiro atoms. The summed E-state index contributed by atoms with van der Waals surface area (Å²) < 4.78 is 5.22. The molecule has 1 aromatic carbocycles. The molecule has 0 saturated heterocycles. The van der Waals surface area contributed by atoms with Gasteiger partial charge in [-0.3, -0.25) is 4.79 Å². The zero-order chi connectivity index (χ0) is 15.2. The molecule has 1 amide bonds. The van der Waals surface area contributed by atoms with Crippen molar-refractivity contribution < 1.29 is 9.53 Å². The normalized spacial score (nSPS) is 12.2. The van der Waals surface area contributed by atoms with Crippen molar-refractivity contribution in [2.75, 3.05) is 27.7 Å². The Bertz CT molecular complexity index is 582. The van der Waals surface area contributed by atoms with E-state index < -0.39 is 0 Å². The highest BCUT2D eigenvalue weighted by Gasteiger charge is 2.17. The number of para-hydroxylation sites is 1. The Morgan fingerprint density at radius 2 is 2.10 bits per heavy atom. The number of carbonyl (C=O) groups is 1. The average Bonchev–Trinajstić information content (AvgIpc) is 3.01. The zero-order valence-electron chi connectivity index (χ0n) is 12.5. The fraction of sp³-hybridized carbons (Fsp3) is 0.312. The van der Waals surface area contributed by atoms with E-state index in [0.29, 0.717) is 17.9 Å². The molecular weight excluding hydrogens is 284 g/mol. The van der Waals surface area contributed by atoms with Crippen LogP contribution < -0.4 is 10.1 Å². The van der Waals surface area contributed by atoms with Gasteiger partial charge >= 0.3 is 0 Å². The molecule has 112 valence electrons. The number of carbonyl (C=O) groups excluding carboxylic acids is 1. The Kier molecular flexibility index (Phi) is 5.36. The maximum absolute atomic E-state index is 12.3. The van der Waals surface area contributed by atoms with Crippen molar-refractivity contribution in [3.63, 3.8) is 0 Å². The predicted molar refractivity (Wildman–Crippen MR) is 86.1 cm³/mol. The van der Waals surface area contributed by atoms with E-state index in [0.717, 1.165) is 0 Å². The molecular formula is C16H20N2O2S. The molecule has 5 heteroatoms. The number of amides is 1. The van der Waals surface area contributed by atoms with Crippen LogP contribution in [0.25, 0.3) is 0 Å². The molecule has 0 aliphatic carbocycles. The Balaban J connectivity index is 2.06. The standard InChI is InChI=1S/C16H20N2O2S/c1-18(2)14(12-8-9-21-11-12)10-17-16(19)13-6-4-5-7-15(13)20-3/h4-9,11,14H,10H2,1-3H3,(H,17,19). The topological polar surface area (TPSA) is 41.6 Å². The zero-order valence-corrected chi connectivity index (χ0v) is 13.3. The first-order chi connectivity index (χ1) is 10.1. The Hall–Kier alpha value is -1.85. The number of rotatable bonds is 6. The third-order valence-electron chi connectivity index (χ3n) is 3.36. The molecule has 4 nitrogen and oxygen atoms in total. The number of thiophene rings is 1. The van der Waals surface area contributed by atoms with Gasteiger partial charge in [0, 0.05) is 6.54 Å². The van der Waals surface area contributed by atoms with Gasteiger partial charge in [0.05, 0.1) is 18.7 Å². The van der Waals surface area contributed by atoms with Gasteiger partial charge < -0.3 is 15.0 Å². The quantitative estimate of drug-likeness (QED) is 0.892. The van der Waals surface area contributed by atoms with Gasteiger partial charge in [-0.05, 0) is 48.6 Å². The first kappa shape index (κ1) is 15.5. The van der Waals surface area contributed by atoms with Crippen molar-refractivity contribution in [3.05, 3.63) is 52.2 Å². The van der Waals surface area contributed by atoms with Gasteiger partial charge in [0.1, 0.15) is 5.75 Å². The largest absolute Gasteiger partial charge is 0.496 e. The molecule has 1 N–H and O–H groups in total. The van der Waals surface area contributed by atoms with Crippen LogP contribution in [0.3, 0.4) is 0 Å². The number of nitrogens with one attached hydrogen (secondary N) is 1. The second-order valence-electron chi connectivity index (χ2n) is 4.95. The minimum absolute atomic E-state index is 0.116. The molecule has 0 bridgehead atoms. The van der Waals surface area contributed by atoms with Crippen molar-refractivity contribution in [1.82, 2.24) is 10.2 Å². The molecule has 21 heavy (non-hydrogen) atoms. The third kappa shape index (κ3) is 3.83. The first-order valence-electron chi connectivity index (χ1n) is 6.73. The summed E-state index contributed by atoms with van der Waals surface area (Å²) in [6.07, 6.45) is 0. The number of hydrogen-bond donors (Lipinski definition) is 1. The minimum Gasteiger partial charge on any atom is -0.496 e. The second-order valence-corrected chi connectivity index (χ2v) is 5.73. The molecule has 2 rings (SSSR count). The van der Waals surface area contributed by atoms with Crippen LogP contribution in [0.2, 0.25) is 0 Å². The van der Waals surface area contributed by atoms with Gasteiger partial charge in [-0.15, -0.1) is 0 Å². The highest BCUT2D eigenvalue weighted by atomic mass is 32.1. The highest BCUT2D eigenvalue weighted by Crippen LogP contribution is 2.21. The molecule has 0 fully saturated rings. The number of likely N-dealkylation sites (N-methyl/N-ethyl adjacent to an activating group) is 1. The van der Waals surface area contributed by atoms with Crippen molar-refractivity contribution in [3.8, 4) is 5.75 Å². The second kappa shape index (κ2) is 7.24. The first-order valence-corrected chi connectivity index (χ1v) is 7.67. The fourth-order valence-electron chi connectivity index (χ4n) is 2.18. The number of methoxy groups -OCH3 is 1.